The van der Waals surface area contributed by atoms with Crippen LogP contribution in [0.2, 0.25) is 0 Å². The molecule has 0 aliphatic carbocycles. The number of carbonyl (C=O) groups is 1. The fraction of sp³-hybridized carbons (Fsp3) is 0.235. The van der Waals surface area contributed by atoms with Crippen LogP contribution in [0, 0.1) is 0 Å². The van der Waals surface area contributed by atoms with E-state index in [0.29, 0.717) is 18.6 Å². The van der Waals surface area contributed by atoms with Gasteiger partial charge in [0, 0.05) is 25.0 Å². The van der Waals surface area contributed by atoms with E-state index in [4.69, 9.17) is 9.84 Å². The summed E-state index contributed by atoms with van der Waals surface area (Å²) in [5.41, 5.74) is 3.34. The van der Waals surface area contributed by atoms with Crippen LogP contribution in [0.3, 0.4) is 0 Å². The number of anilines is 1. The minimum Gasteiger partial charge on any atom is -0.396 e. The van der Waals surface area contributed by atoms with Gasteiger partial charge < -0.3 is 15.2 Å². The second kappa shape index (κ2) is 7.57. The predicted octanol–water partition coefficient (Wildman–Crippen LogP) is 2.62. The van der Waals surface area contributed by atoms with E-state index in [0.717, 1.165) is 16.8 Å². The third kappa shape index (κ3) is 4.41. The Bertz CT molecular complexity index is 593. The lowest BCUT2D eigenvalue weighted by molar-refractivity contribution is 0.102. The standard InChI is InChI=1S/C17H19NO3/c1-21-12-14-3-2-4-15(11-14)17(20)18-16-7-5-13(6-8-16)9-10-19/h2-8,11,19H,9-10,12H2,1H3,(H,18,20). The van der Waals surface area contributed by atoms with Gasteiger partial charge in [0.25, 0.3) is 5.91 Å². The van der Waals surface area contributed by atoms with Crippen molar-refractivity contribution in [2.75, 3.05) is 19.0 Å². The normalized spacial score (nSPS) is 10.4. The van der Waals surface area contributed by atoms with Crippen LogP contribution in [0.5, 0.6) is 0 Å². The van der Waals surface area contributed by atoms with Crippen molar-refractivity contribution < 1.29 is 14.6 Å². The zero-order valence-electron chi connectivity index (χ0n) is 12.0. The third-order valence-corrected chi connectivity index (χ3v) is 3.11. The topological polar surface area (TPSA) is 58.6 Å². The molecule has 0 aromatic heterocycles. The molecule has 0 bridgehead atoms. The molecule has 0 atom stereocenters. The Morgan fingerprint density at radius 1 is 1.14 bits per heavy atom. The first-order valence-electron chi connectivity index (χ1n) is 6.82. The maximum absolute atomic E-state index is 12.2. The van der Waals surface area contributed by atoms with Gasteiger partial charge in [-0.2, -0.15) is 0 Å². The summed E-state index contributed by atoms with van der Waals surface area (Å²) in [7, 11) is 1.63. The van der Waals surface area contributed by atoms with Crippen LogP contribution in [-0.4, -0.2) is 24.7 Å². The third-order valence-electron chi connectivity index (χ3n) is 3.11. The van der Waals surface area contributed by atoms with Crippen molar-refractivity contribution in [2.45, 2.75) is 13.0 Å². The van der Waals surface area contributed by atoms with Gasteiger partial charge >= 0.3 is 0 Å². The minimum absolute atomic E-state index is 0.123. The SMILES string of the molecule is COCc1cccc(C(=O)Nc2ccc(CCO)cc2)c1. The van der Waals surface area contributed by atoms with Crippen molar-refractivity contribution in [2.24, 2.45) is 0 Å². The van der Waals surface area contributed by atoms with E-state index < -0.39 is 0 Å². The molecular weight excluding hydrogens is 266 g/mol. The molecule has 4 nitrogen and oxygen atoms in total. The molecule has 21 heavy (non-hydrogen) atoms. The Labute approximate surface area is 124 Å². The minimum atomic E-state index is -0.150. The molecule has 0 saturated heterocycles. The van der Waals surface area contributed by atoms with Gasteiger partial charge in [-0.25, -0.2) is 0 Å². The summed E-state index contributed by atoms with van der Waals surface area (Å²) in [4.78, 5) is 12.2. The first-order valence-corrected chi connectivity index (χ1v) is 6.82. The molecule has 0 heterocycles. The molecule has 2 rings (SSSR count). The van der Waals surface area contributed by atoms with Crippen molar-refractivity contribution in [1.29, 1.82) is 0 Å². The Hall–Kier alpha value is -2.17. The van der Waals surface area contributed by atoms with Crippen LogP contribution in [0.15, 0.2) is 48.5 Å². The fourth-order valence-corrected chi connectivity index (χ4v) is 2.06. The maximum atomic E-state index is 12.2. The molecule has 0 unspecified atom stereocenters. The molecule has 0 fully saturated rings. The van der Waals surface area contributed by atoms with Crippen LogP contribution in [0.4, 0.5) is 5.69 Å². The van der Waals surface area contributed by atoms with Crippen molar-refractivity contribution in [3.8, 4) is 0 Å². The number of methoxy groups -OCH3 is 1. The monoisotopic (exact) mass is 285 g/mol. The number of amides is 1. The Balaban J connectivity index is 2.05. The first kappa shape index (κ1) is 15.2. The van der Waals surface area contributed by atoms with Crippen molar-refractivity contribution in [1.82, 2.24) is 0 Å². The highest BCUT2D eigenvalue weighted by Gasteiger charge is 2.06. The van der Waals surface area contributed by atoms with Gasteiger partial charge in [-0.05, 0) is 41.8 Å². The number of hydrogen-bond acceptors (Lipinski definition) is 3. The van der Waals surface area contributed by atoms with Gasteiger partial charge in [-0.1, -0.05) is 24.3 Å². The van der Waals surface area contributed by atoms with Crippen LogP contribution in [0.25, 0.3) is 0 Å². The van der Waals surface area contributed by atoms with Crippen LogP contribution < -0.4 is 5.32 Å². The molecule has 110 valence electrons. The lowest BCUT2D eigenvalue weighted by Gasteiger charge is -2.07. The molecule has 0 radical (unpaired) electrons. The maximum Gasteiger partial charge on any atom is 0.255 e. The summed E-state index contributed by atoms with van der Waals surface area (Å²) in [6, 6.07) is 14.8. The lowest BCUT2D eigenvalue weighted by Crippen LogP contribution is -2.12. The van der Waals surface area contributed by atoms with E-state index in [1.54, 1.807) is 13.2 Å². The van der Waals surface area contributed by atoms with E-state index in [9.17, 15) is 4.79 Å². The van der Waals surface area contributed by atoms with Gasteiger partial charge in [-0.3, -0.25) is 4.79 Å². The highest BCUT2D eigenvalue weighted by molar-refractivity contribution is 6.04. The van der Waals surface area contributed by atoms with Gasteiger partial charge in [0.05, 0.1) is 6.61 Å². The second-order valence-electron chi connectivity index (χ2n) is 4.76. The molecule has 0 aliphatic rings. The summed E-state index contributed by atoms with van der Waals surface area (Å²) < 4.78 is 5.06. The molecule has 0 saturated carbocycles. The van der Waals surface area contributed by atoms with Crippen LogP contribution in [0.1, 0.15) is 21.5 Å². The van der Waals surface area contributed by atoms with Gasteiger partial charge in [0.2, 0.25) is 0 Å². The van der Waals surface area contributed by atoms with E-state index in [1.807, 2.05) is 42.5 Å². The number of hydrogen-bond donors (Lipinski definition) is 2. The van der Waals surface area contributed by atoms with E-state index in [1.165, 1.54) is 0 Å². The highest BCUT2D eigenvalue weighted by atomic mass is 16.5. The smallest absolute Gasteiger partial charge is 0.255 e. The summed E-state index contributed by atoms with van der Waals surface area (Å²) in [5.74, 6) is -0.150. The number of aliphatic hydroxyl groups is 1. The molecule has 1 amide bonds. The number of benzene rings is 2. The Morgan fingerprint density at radius 3 is 2.57 bits per heavy atom. The van der Waals surface area contributed by atoms with Crippen molar-refractivity contribution >= 4 is 11.6 Å². The summed E-state index contributed by atoms with van der Waals surface area (Å²) in [5, 5.41) is 11.7. The zero-order valence-corrected chi connectivity index (χ0v) is 12.0. The van der Waals surface area contributed by atoms with Gasteiger partial charge in [0.1, 0.15) is 0 Å². The van der Waals surface area contributed by atoms with Gasteiger partial charge in [0.15, 0.2) is 0 Å². The van der Waals surface area contributed by atoms with E-state index >= 15 is 0 Å². The first-order chi connectivity index (χ1) is 10.2. The number of ether oxygens (including phenoxy) is 1. The molecule has 0 spiro atoms. The molecule has 4 heteroatoms. The second-order valence-corrected chi connectivity index (χ2v) is 4.76. The van der Waals surface area contributed by atoms with Crippen molar-refractivity contribution in [3.05, 3.63) is 65.2 Å². The number of nitrogens with one attached hydrogen (secondary N) is 1. The average molecular weight is 285 g/mol. The largest absolute Gasteiger partial charge is 0.396 e. The van der Waals surface area contributed by atoms with Gasteiger partial charge in [-0.15, -0.1) is 0 Å². The van der Waals surface area contributed by atoms with Crippen molar-refractivity contribution in [3.63, 3.8) is 0 Å². The quantitative estimate of drug-likeness (QED) is 0.857. The molecule has 2 aromatic carbocycles. The molecule has 2 aromatic rings. The Kier molecular flexibility index (Phi) is 5.49. The van der Waals surface area contributed by atoms with E-state index in [-0.39, 0.29) is 12.5 Å². The fourth-order valence-electron chi connectivity index (χ4n) is 2.06. The highest BCUT2D eigenvalue weighted by Crippen LogP contribution is 2.13. The molecular formula is C17H19NO3. The number of carbonyl (C=O) groups excluding carboxylic acids is 1. The van der Waals surface area contributed by atoms with E-state index in [2.05, 4.69) is 5.32 Å². The summed E-state index contributed by atoms with van der Waals surface area (Å²) in [6.07, 6.45) is 0.618. The lowest BCUT2D eigenvalue weighted by atomic mass is 10.1. The zero-order chi connectivity index (χ0) is 15.1. The summed E-state index contributed by atoms with van der Waals surface area (Å²) >= 11 is 0. The average Bonchev–Trinajstić information content (AvgIpc) is 2.50. The molecule has 2 N–H and O–H groups in total. The summed E-state index contributed by atoms with van der Waals surface area (Å²) in [6.45, 7) is 0.606. The number of aliphatic hydroxyl groups excluding tert-OH is 1. The predicted molar refractivity (Wildman–Crippen MR) is 82.3 cm³/mol. The number of rotatable bonds is 6. The van der Waals surface area contributed by atoms with Crippen LogP contribution >= 0.6 is 0 Å². The van der Waals surface area contributed by atoms with Crippen LogP contribution in [-0.2, 0) is 17.8 Å². The molecule has 0 aliphatic heterocycles. The Morgan fingerprint density at radius 2 is 1.90 bits per heavy atom.